The minimum absolute atomic E-state index is 0.319. The molecule has 0 unspecified atom stereocenters. The first kappa shape index (κ1) is 6.10. The van der Waals surface area contributed by atoms with Gasteiger partial charge >= 0.3 is 0 Å². The van der Waals surface area contributed by atoms with Gasteiger partial charge in [0.2, 0.25) is 0 Å². The Morgan fingerprint density at radius 2 is 1.86 bits per heavy atom. The standard InChI is InChI=1S/C3H10N4/c1-2(4)3(5)7-6/h7H,4-6H2,1H3/b3-2-. The summed E-state index contributed by atoms with van der Waals surface area (Å²) in [4.78, 5) is 0. The zero-order valence-corrected chi connectivity index (χ0v) is 4.23. The van der Waals surface area contributed by atoms with Gasteiger partial charge in [-0.3, -0.25) is 0 Å². The Morgan fingerprint density at radius 3 is 1.86 bits per heavy atom. The molecule has 0 heterocycles. The summed E-state index contributed by atoms with van der Waals surface area (Å²) in [5.74, 6) is 5.18. The summed E-state index contributed by atoms with van der Waals surface area (Å²) < 4.78 is 0. The van der Waals surface area contributed by atoms with Gasteiger partial charge in [0.05, 0.1) is 0 Å². The molecule has 0 saturated heterocycles. The van der Waals surface area contributed by atoms with Gasteiger partial charge in [0.15, 0.2) is 0 Å². The van der Waals surface area contributed by atoms with Gasteiger partial charge in [-0.1, -0.05) is 0 Å². The number of nitrogens with one attached hydrogen (secondary N) is 1. The number of allylic oxidation sites excluding steroid dienone is 1. The Balaban J connectivity index is 3.72. The van der Waals surface area contributed by atoms with Gasteiger partial charge in [-0.15, -0.1) is 0 Å². The summed E-state index contributed by atoms with van der Waals surface area (Å²) in [7, 11) is 0. The lowest BCUT2D eigenvalue weighted by Crippen LogP contribution is -2.29. The molecule has 0 aliphatic carbocycles. The van der Waals surface area contributed by atoms with Crippen molar-refractivity contribution in [1.82, 2.24) is 5.43 Å². The average molecular weight is 102 g/mol. The molecule has 0 saturated carbocycles. The smallest absolute Gasteiger partial charge is 0.129 e. The van der Waals surface area contributed by atoms with Crippen LogP contribution in [0.4, 0.5) is 0 Å². The van der Waals surface area contributed by atoms with E-state index in [9.17, 15) is 0 Å². The largest absolute Gasteiger partial charge is 0.399 e. The minimum Gasteiger partial charge on any atom is -0.399 e. The molecular formula is C3H10N4. The molecular weight excluding hydrogens is 92.1 g/mol. The first-order valence-electron chi connectivity index (χ1n) is 1.87. The third-order valence-corrected chi connectivity index (χ3v) is 0.580. The van der Waals surface area contributed by atoms with Crippen LogP contribution in [-0.2, 0) is 0 Å². The van der Waals surface area contributed by atoms with Crippen LogP contribution in [0.5, 0.6) is 0 Å². The fraction of sp³-hybridized carbons (Fsp3) is 0.333. The van der Waals surface area contributed by atoms with Crippen LogP contribution in [0.2, 0.25) is 0 Å². The van der Waals surface area contributed by atoms with Gasteiger partial charge in [0, 0.05) is 5.70 Å². The van der Waals surface area contributed by atoms with E-state index >= 15 is 0 Å². The molecule has 42 valence electrons. The maximum Gasteiger partial charge on any atom is 0.129 e. The lowest BCUT2D eigenvalue weighted by atomic mass is 10.5. The second-order valence-electron chi connectivity index (χ2n) is 1.24. The molecule has 0 radical (unpaired) electrons. The van der Waals surface area contributed by atoms with E-state index in [1.54, 1.807) is 6.92 Å². The maximum absolute atomic E-state index is 5.16. The van der Waals surface area contributed by atoms with E-state index in [0.717, 1.165) is 0 Å². The molecule has 0 amide bonds. The van der Waals surface area contributed by atoms with E-state index in [1.807, 2.05) is 0 Å². The predicted molar refractivity (Wildman–Crippen MR) is 28.4 cm³/mol. The average Bonchev–Trinajstić information content (AvgIpc) is 1.65. The topological polar surface area (TPSA) is 90.1 Å². The van der Waals surface area contributed by atoms with E-state index < -0.39 is 0 Å². The van der Waals surface area contributed by atoms with Crippen molar-refractivity contribution in [3.63, 3.8) is 0 Å². The van der Waals surface area contributed by atoms with Gasteiger partial charge < -0.3 is 16.9 Å². The molecule has 4 heteroatoms. The molecule has 0 aliphatic rings. The zero-order valence-electron chi connectivity index (χ0n) is 4.23. The first-order chi connectivity index (χ1) is 3.18. The van der Waals surface area contributed by atoms with Gasteiger partial charge in [-0.05, 0) is 6.92 Å². The molecule has 0 atom stereocenters. The predicted octanol–water partition coefficient (Wildman–Crippen LogP) is -1.44. The molecule has 7 heavy (non-hydrogen) atoms. The van der Waals surface area contributed by atoms with E-state index in [4.69, 9.17) is 17.3 Å². The Hall–Kier alpha value is -0.900. The normalized spacial score (nSPS) is 12.9. The Bertz CT molecular complexity index is 80.9. The minimum atomic E-state index is 0.319. The third kappa shape index (κ3) is 1.88. The van der Waals surface area contributed by atoms with Crippen molar-refractivity contribution >= 4 is 0 Å². The fourth-order valence-electron chi connectivity index (χ4n) is 0.114. The van der Waals surface area contributed by atoms with Crippen molar-refractivity contribution in [3.8, 4) is 0 Å². The van der Waals surface area contributed by atoms with Crippen LogP contribution in [0, 0.1) is 0 Å². The van der Waals surface area contributed by atoms with Gasteiger partial charge in [-0.25, -0.2) is 5.84 Å². The molecule has 0 bridgehead atoms. The Labute approximate surface area is 42.3 Å². The van der Waals surface area contributed by atoms with Crippen LogP contribution in [0.1, 0.15) is 6.92 Å². The van der Waals surface area contributed by atoms with Crippen LogP contribution in [-0.4, -0.2) is 0 Å². The molecule has 0 aromatic carbocycles. The molecule has 0 fully saturated rings. The highest BCUT2D eigenvalue weighted by molar-refractivity contribution is 4.99. The summed E-state index contributed by atoms with van der Waals surface area (Å²) in [5, 5.41) is 0. The second-order valence-corrected chi connectivity index (χ2v) is 1.24. The number of hydrogen-bond acceptors (Lipinski definition) is 4. The Kier molecular flexibility index (Phi) is 2.01. The lowest BCUT2D eigenvalue weighted by Gasteiger charge is -1.98. The van der Waals surface area contributed by atoms with Gasteiger partial charge in [0.25, 0.3) is 0 Å². The maximum atomic E-state index is 5.16. The van der Waals surface area contributed by atoms with Crippen LogP contribution in [0.15, 0.2) is 11.5 Å². The number of hydrazine groups is 1. The quantitative estimate of drug-likeness (QED) is 0.241. The molecule has 7 N–H and O–H groups in total. The highest BCUT2D eigenvalue weighted by atomic mass is 15.3. The molecule has 4 nitrogen and oxygen atoms in total. The van der Waals surface area contributed by atoms with Crippen LogP contribution in [0.25, 0.3) is 0 Å². The van der Waals surface area contributed by atoms with Crippen molar-refractivity contribution in [1.29, 1.82) is 0 Å². The van der Waals surface area contributed by atoms with Crippen molar-refractivity contribution in [2.24, 2.45) is 17.3 Å². The highest BCUT2D eigenvalue weighted by Crippen LogP contribution is 1.77. The highest BCUT2D eigenvalue weighted by Gasteiger charge is 1.83. The Morgan fingerprint density at radius 1 is 1.43 bits per heavy atom. The second kappa shape index (κ2) is 2.30. The zero-order chi connectivity index (χ0) is 5.86. The molecule has 0 aromatic heterocycles. The summed E-state index contributed by atoms with van der Waals surface area (Å²) in [6.45, 7) is 1.66. The number of hydrogen-bond donors (Lipinski definition) is 4. The lowest BCUT2D eigenvalue weighted by molar-refractivity contribution is 0.844. The van der Waals surface area contributed by atoms with Crippen molar-refractivity contribution in [2.45, 2.75) is 6.92 Å². The fourth-order valence-corrected chi connectivity index (χ4v) is 0.114. The molecule has 0 aliphatic heterocycles. The summed E-state index contributed by atoms with van der Waals surface area (Å²) in [6, 6.07) is 0. The summed E-state index contributed by atoms with van der Waals surface area (Å²) in [6.07, 6.45) is 0. The molecule has 0 aromatic rings. The molecule has 0 rings (SSSR count). The van der Waals surface area contributed by atoms with Gasteiger partial charge in [-0.2, -0.15) is 0 Å². The number of nitrogens with two attached hydrogens (primary N) is 3. The van der Waals surface area contributed by atoms with E-state index in [0.29, 0.717) is 11.5 Å². The van der Waals surface area contributed by atoms with Crippen LogP contribution in [0.3, 0.4) is 0 Å². The monoisotopic (exact) mass is 102 g/mol. The van der Waals surface area contributed by atoms with Crippen LogP contribution < -0.4 is 22.7 Å². The van der Waals surface area contributed by atoms with E-state index in [1.165, 1.54) is 0 Å². The van der Waals surface area contributed by atoms with Gasteiger partial charge in [0.1, 0.15) is 5.82 Å². The van der Waals surface area contributed by atoms with Crippen LogP contribution >= 0.6 is 0 Å². The summed E-state index contributed by atoms with van der Waals surface area (Å²) in [5.41, 5.74) is 13.0. The van der Waals surface area contributed by atoms with Crippen molar-refractivity contribution in [3.05, 3.63) is 11.5 Å². The van der Waals surface area contributed by atoms with Crippen molar-refractivity contribution < 1.29 is 0 Å². The molecule has 0 spiro atoms. The van der Waals surface area contributed by atoms with Crippen molar-refractivity contribution in [2.75, 3.05) is 0 Å². The SMILES string of the molecule is C/C(N)=C(\N)NN. The van der Waals surface area contributed by atoms with E-state index in [2.05, 4.69) is 5.43 Å². The number of rotatable bonds is 1. The van der Waals surface area contributed by atoms with E-state index in [-0.39, 0.29) is 0 Å². The first-order valence-corrected chi connectivity index (χ1v) is 1.87. The summed E-state index contributed by atoms with van der Waals surface area (Å²) >= 11 is 0. The third-order valence-electron chi connectivity index (χ3n) is 0.580.